The van der Waals surface area contributed by atoms with Gasteiger partial charge in [0.05, 0.1) is 11.6 Å². The van der Waals surface area contributed by atoms with E-state index in [2.05, 4.69) is 145 Å². The van der Waals surface area contributed by atoms with Gasteiger partial charge < -0.3 is 9.15 Å². The van der Waals surface area contributed by atoms with Crippen molar-refractivity contribution < 1.29 is 9.15 Å². The molecule has 3 heterocycles. The lowest BCUT2D eigenvalue weighted by Crippen LogP contribution is -2.32. The molecule has 0 amide bonds. The molecule has 0 saturated carbocycles. The normalized spacial score (nSPS) is 15.8. The predicted octanol–water partition coefficient (Wildman–Crippen LogP) is 11.3. The third kappa shape index (κ3) is 3.30. The van der Waals surface area contributed by atoms with E-state index in [-0.39, 0.29) is 0 Å². The second-order valence-corrected chi connectivity index (χ2v) is 13.0. The molecule has 1 aliphatic carbocycles. The van der Waals surface area contributed by atoms with Crippen LogP contribution in [-0.4, -0.2) is 4.98 Å². The fourth-order valence-corrected chi connectivity index (χ4v) is 8.73. The number of hydrogen-bond acceptors (Lipinski definition) is 3. The minimum Gasteiger partial charge on any atom is -0.455 e. The fraction of sp³-hybridized carbons (Fsp3) is 0.0444. The van der Waals surface area contributed by atoms with Gasteiger partial charge in [0.15, 0.2) is 5.75 Å². The monoisotopic (exact) mass is 613 g/mol. The highest BCUT2D eigenvalue weighted by molar-refractivity contribution is 6.16. The highest BCUT2D eigenvalue weighted by Crippen LogP contribution is 2.63. The topological polar surface area (TPSA) is 35.3 Å². The molecular formula is C45H27NO2. The van der Waals surface area contributed by atoms with Crippen molar-refractivity contribution in [2.45, 2.75) is 11.8 Å². The number of aromatic nitrogens is 1. The van der Waals surface area contributed by atoms with Crippen LogP contribution >= 0.6 is 0 Å². The molecule has 48 heavy (non-hydrogen) atoms. The Kier molecular flexibility index (Phi) is 5.10. The van der Waals surface area contributed by atoms with Crippen molar-refractivity contribution >= 4 is 43.5 Å². The van der Waals surface area contributed by atoms with Crippen LogP contribution in [0.25, 0.3) is 54.6 Å². The van der Waals surface area contributed by atoms with Gasteiger partial charge in [-0.25, -0.2) is 0 Å². The first-order valence-corrected chi connectivity index (χ1v) is 16.5. The molecular weight excluding hydrogens is 587 g/mol. The zero-order valence-electron chi connectivity index (χ0n) is 25.9. The molecule has 3 heteroatoms. The third-order valence-corrected chi connectivity index (χ3v) is 10.7. The van der Waals surface area contributed by atoms with Gasteiger partial charge in [-0.3, -0.25) is 4.98 Å². The van der Waals surface area contributed by atoms with E-state index >= 15 is 0 Å². The van der Waals surface area contributed by atoms with Crippen molar-refractivity contribution in [1.82, 2.24) is 4.98 Å². The second-order valence-electron chi connectivity index (χ2n) is 13.0. The van der Waals surface area contributed by atoms with Crippen molar-refractivity contribution in [1.29, 1.82) is 0 Å². The summed E-state index contributed by atoms with van der Waals surface area (Å²) in [5.74, 6) is 1.67. The summed E-state index contributed by atoms with van der Waals surface area (Å²) in [5, 5.41) is 7.18. The molecule has 0 bridgehead atoms. The Morgan fingerprint density at radius 2 is 1.38 bits per heavy atom. The summed E-state index contributed by atoms with van der Waals surface area (Å²) in [7, 11) is 0. The zero-order chi connectivity index (χ0) is 31.4. The second kappa shape index (κ2) is 9.43. The van der Waals surface area contributed by atoms with Gasteiger partial charge in [-0.1, -0.05) is 115 Å². The number of nitrogens with zero attached hydrogens (tertiary/aromatic N) is 1. The summed E-state index contributed by atoms with van der Waals surface area (Å²) in [4.78, 5) is 4.49. The van der Waals surface area contributed by atoms with E-state index in [1.54, 1.807) is 0 Å². The van der Waals surface area contributed by atoms with Crippen LogP contribution in [-0.2, 0) is 11.8 Å². The van der Waals surface area contributed by atoms with Gasteiger partial charge in [-0.2, -0.15) is 0 Å². The Hall–Kier alpha value is -6.19. The van der Waals surface area contributed by atoms with Gasteiger partial charge >= 0.3 is 0 Å². The predicted molar refractivity (Wildman–Crippen MR) is 193 cm³/mol. The Balaban J connectivity index is 1.16. The van der Waals surface area contributed by atoms with Crippen molar-refractivity contribution in [2.24, 2.45) is 0 Å². The van der Waals surface area contributed by atoms with Crippen LogP contribution in [0.5, 0.6) is 11.5 Å². The van der Waals surface area contributed by atoms with Gasteiger partial charge in [0, 0.05) is 33.5 Å². The zero-order valence-corrected chi connectivity index (χ0v) is 25.9. The van der Waals surface area contributed by atoms with Crippen LogP contribution in [0.15, 0.2) is 156 Å². The number of benzene rings is 7. The van der Waals surface area contributed by atoms with Crippen LogP contribution in [0.2, 0.25) is 0 Å². The summed E-state index contributed by atoms with van der Waals surface area (Å²) in [6, 6.07) is 50.5. The number of hydrogen-bond donors (Lipinski definition) is 0. The minimum absolute atomic E-state index is 0.551. The molecule has 11 rings (SSSR count). The van der Waals surface area contributed by atoms with E-state index < -0.39 is 5.41 Å². The SMILES string of the molecule is c1ccc2c(c1)-c1c(ccc3ccccc13)C21c2ccncc2Oc2ccc(Cc3cccc4oc5c6ccccc6ccc5c34)cc21. The number of furan rings is 1. The standard InChI is InChI=1S/C45H27NO2/c1-3-11-31-28(8-1)18-20-37-43(31)33-13-5-6-14-35(33)45(37)36-22-23-46-26-41(36)47-39-21-16-27(25-38(39)45)24-30-10-7-15-40-42(30)34-19-17-29-9-2-4-12-32(29)44(34)48-40/h1-23,25-26H,24H2. The van der Waals surface area contributed by atoms with Crippen LogP contribution in [0.1, 0.15) is 33.4 Å². The quantitative estimate of drug-likeness (QED) is 0.195. The van der Waals surface area contributed by atoms with Gasteiger partial charge in [0.2, 0.25) is 0 Å². The lowest BCUT2D eigenvalue weighted by atomic mass is 9.66. The maximum atomic E-state index is 6.67. The average Bonchev–Trinajstić information content (AvgIpc) is 3.67. The first-order valence-electron chi connectivity index (χ1n) is 16.5. The highest BCUT2D eigenvalue weighted by atomic mass is 16.5. The van der Waals surface area contributed by atoms with E-state index in [0.717, 1.165) is 51.0 Å². The van der Waals surface area contributed by atoms with Crippen molar-refractivity contribution in [3.8, 4) is 22.6 Å². The summed E-state index contributed by atoms with van der Waals surface area (Å²) in [5.41, 5.74) is 11.2. The third-order valence-electron chi connectivity index (χ3n) is 10.7. The Bertz CT molecular complexity index is 2810. The number of fused-ring (bicyclic) bond motifs is 16. The van der Waals surface area contributed by atoms with Gasteiger partial charge in [0.1, 0.15) is 16.9 Å². The van der Waals surface area contributed by atoms with E-state index in [1.165, 1.54) is 54.9 Å². The highest BCUT2D eigenvalue weighted by Gasteiger charge is 2.51. The van der Waals surface area contributed by atoms with Gasteiger partial charge in [-0.15, -0.1) is 0 Å². The molecule has 2 aliphatic rings. The minimum atomic E-state index is -0.551. The van der Waals surface area contributed by atoms with E-state index in [0.29, 0.717) is 0 Å². The summed E-state index contributed by atoms with van der Waals surface area (Å²) in [6.45, 7) is 0. The van der Waals surface area contributed by atoms with Crippen LogP contribution in [0.3, 0.4) is 0 Å². The smallest absolute Gasteiger partial charge is 0.150 e. The lowest BCUT2D eigenvalue weighted by molar-refractivity contribution is 0.433. The molecule has 0 radical (unpaired) electrons. The van der Waals surface area contributed by atoms with Crippen LogP contribution < -0.4 is 4.74 Å². The maximum absolute atomic E-state index is 6.67. The van der Waals surface area contributed by atoms with Crippen molar-refractivity contribution in [3.05, 3.63) is 185 Å². The first kappa shape index (κ1) is 25.9. The van der Waals surface area contributed by atoms with E-state index in [4.69, 9.17) is 9.15 Å². The first-order chi connectivity index (χ1) is 23.8. The summed E-state index contributed by atoms with van der Waals surface area (Å²) < 4.78 is 13.2. The van der Waals surface area contributed by atoms with E-state index in [9.17, 15) is 0 Å². The molecule has 2 aromatic heterocycles. The number of ether oxygens (including phenoxy) is 1. The van der Waals surface area contributed by atoms with Crippen molar-refractivity contribution in [3.63, 3.8) is 0 Å². The summed E-state index contributed by atoms with van der Waals surface area (Å²) >= 11 is 0. The molecule has 0 fully saturated rings. The van der Waals surface area contributed by atoms with E-state index in [1.807, 2.05) is 12.4 Å². The molecule has 7 aromatic carbocycles. The Morgan fingerprint density at radius 3 is 2.31 bits per heavy atom. The largest absolute Gasteiger partial charge is 0.455 e. The van der Waals surface area contributed by atoms with Crippen molar-refractivity contribution in [2.75, 3.05) is 0 Å². The lowest BCUT2D eigenvalue weighted by Gasteiger charge is -2.39. The molecule has 1 unspecified atom stereocenters. The molecule has 224 valence electrons. The van der Waals surface area contributed by atoms with Gasteiger partial charge in [0.25, 0.3) is 0 Å². The Labute approximate surface area is 276 Å². The molecule has 1 spiro atoms. The molecule has 3 nitrogen and oxygen atoms in total. The summed E-state index contributed by atoms with van der Waals surface area (Å²) in [6.07, 6.45) is 4.52. The van der Waals surface area contributed by atoms with Crippen LogP contribution in [0.4, 0.5) is 0 Å². The number of pyridine rings is 1. The average molecular weight is 614 g/mol. The van der Waals surface area contributed by atoms with Crippen LogP contribution in [0, 0.1) is 0 Å². The van der Waals surface area contributed by atoms with Gasteiger partial charge in [-0.05, 0) is 80.2 Å². The maximum Gasteiger partial charge on any atom is 0.150 e. The molecule has 0 saturated heterocycles. The Morgan fingerprint density at radius 1 is 0.562 bits per heavy atom. The molecule has 1 atom stereocenters. The fourth-order valence-electron chi connectivity index (χ4n) is 8.73. The molecule has 9 aromatic rings. The number of rotatable bonds is 2. The molecule has 0 N–H and O–H groups in total. The molecule has 1 aliphatic heterocycles.